The molecule has 8 nitrogen and oxygen atoms in total. The lowest BCUT2D eigenvalue weighted by atomic mass is 10.2. The molecule has 0 aliphatic carbocycles. The molecule has 10 heteroatoms. The molecule has 1 atom stereocenters. The van der Waals surface area contributed by atoms with E-state index in [0.717, 1.165) is 25.9 Å². The van der Waals surface area contributed by atoms with E-state index in [1.54, 1.807) is 12.1 Å². The Kier molecular flexibility index (Phi) is 6.92. The van der Waals surface area contributed by atoms with Gasteiger partial charge in [0.1, 0.15) is 36.4 Å². The van der Waals surface area contributed by atoms with Gasteiger partial charge in [-0.2, -0.15) is 0 Å². The fourth-order valence-electron chi connectivity index (χ4n) is 3.70. The first-order valence-electron chi connectivity index (χ1n) is 10.3. The van der Waals surface area contributed by atoms with E-state index in [2.05, 4.69) is 36.1 Å². The Morgan fingerprint density at radius 3 is 2.72 bits per heavy atom. The number of β-amino-alcohol motifs (C(OH)–C–C–N with tert-alkyl or cyclic N) is 1. The van der Waals surface area contributed by atoms with E-state index in [1.807, 2.05) is 0 Å². The summed E-state index contributed by atoms with van der Waals surface area (Å²) in [7, 11) is 1.51. The summed E-state index contributed by atoms with van der Waals surface area (Å²) in [5.41, 5.74) is 0.615. The summed E-state index contributed by atoms with van der Waals surface area (Å²) in [4.78, 5) is 10.7. The molecule has 1 aliphatic heterocycles. The number of likely N-dealkylation sites (tertiary alicyclic amines) is 1. The molecule has 1 saturated heterocycles. The van der Waals surface area contributed by atoms with Crippen molar-refractivity contribution >= 4 is 38.3 Å². The van der Waals surface area contributed by atoms with Crippen molar-refractivity contribution in [3.05, 3.63) is 40.9 Å². The SMILES string of the molecule is COc1cc2c(Nc3cc(O)c(Br)cc3F)ncnc2cc1OCC(O)CN1CCCC1. The number of hydrogen-bond donors (Lipinski definition) is 3. The average Bonchev–Trinajstić information content (AvgIpc) is 3.28. The lowest BCUT2D eigenvalue weighted by Crippen LogP contribution is -2.33. The van der Waals surface area contributed by atoms with Crippen molar-refractivity contribution in [3.63, 3.8) is 0 Å². The van der Waals surface area contributed by atoms with E-state index in [9.17, 15) is 14.6 Å². The second-order valence-corrected chi connectivity index (χ2v) is 8.48. The lowest BCUT2D eigenvalue weighted by Gasteiger charge is -2.20. The van der Waals surface area contributed by atoms with Crippen LogP contribution in [0.25, 0.3) is 10.9 Å². The van der Waals surface area contributed by atoms with Crippen LogP contribution in [0.3, 0.4) is 0 Å². The molecular weight excluding hydrogens is 483 g/mol. The maximum Gasteiger partial charge on any atom is 0.163 e. The highest BCUT2D eigenvalue weighted by molar-refractivity contribution is 9.10. The summed E-state index contributed by atoms with van der Waals surface area (Å²) in [5, 5.41) is 23.7. The zero-order chi connectivity index (χ0) is 22.7. The maximum absolute atomic E-state index is 14.3. The number of ether oxygens (including phenoxy) is 2. The standard InChI is InChI=1S/C22H24BrFN4O4/c1-31-20-6-14-17(9-21(20)32-11-13(29)10-28-4-2-3-5-28)25-12-26-22(14)27-18-8-19(30)15(23)7-16(18)24/h6-9,12-13,29-30H,2-5,10-11H2,1H3,(H,25,26,27). The predicted octanol–water partition coefficient (Wildman–Crippen LogP) is 3.82. The zero-order valence-corrected chi connectivity index (χ0v) is 19.1. The fraction of sp³-hybridized carbons (Fsp3) is 0.364. The molecule has 170 valence electrons. The summed E-state index contributed by atoms with van der Waals surface area (Å²) in [6.45, 7) is 2.69. The van der Waals surface area contributed by atoms with E-state index < -0.39 is 11.9 Å². The molecule has 0 saturated carbocycles. The maximum atomic E-state index is 14.3. The molecule has 1 aliphatic rings. The fourth-order valence-corrected chi connectivity index (χ4v) is 4.01. The van der Waals surface area contributed by atoms with Gasteiger partial charge in [-0.25, -0.2) is 14.4 Å². The number of halogens is 2. The van der Waals surface area contributed by atoms with E-state index in [0.29, 0.717) is 34.8 Å². The van der Waals surface area contributed by atoms with Gasteiger partial charge < -0.3 is 29.9 Å². The van der Waals surface area contributed by atoms with Crippen LogP contribution in [0.4, 0.5) is 15.9 Å². The number of nitrogens with one attached hydrogen (secondary N) is 1. The largest absolute Gasteiger partial charge is 0.507 e. The third-order valence-corrected chi connectivity index (χ3v) is 5.94. The van der Waals surface area contributed by atoms with Crippen molar-refractivity contribution in [2.24, 2.45) is 0 Å². The molecular formula is C22H24BrFN4O4. The number of aromatic hydroxyl groups is 1. The van der Waals surface area contributed by atoms with E-state index in [4.69, 9.17) is 9.47 Å². The first-order chi connectivity index (χ1) is 15.4. The van der Waals surface area contributed by atoms with E-state index in [1.165, 1.54) is 25.6 Å². The van der Waals surface area contributed by atoms with Crippen molar-refractivity contribution in [2.75, 3.05) is 38.7 Å². The van der Waals surface area contributed by atoms with Crippen LogP contribution in [0.1, 0.15) is 12.8 Å². The average molecular weight is 507 g/mol. The molecule has 4 rings (SSSR count). The number of phenols is 1. The Bertz CT molecular complexity index is 1110. The number of nitrogens with zero attached hydrogens (tertiary/aromatic N) is 3. The van der Waals surface area contributed by atoms with Gasteiger partial charge in [0.25, 0.3) is 0 Å². The molecule has 0 amide bonds. The van der Waals surface area contributed by atoms with Gasteiger partial charge in [0.2, 0.25) is 0 Å². The Labute approximate surface area is 193 Å². The van der Waals surface area contributed by atoms with Crippen LogP contribution in [0, 0.1) is 5.82 Å². The van der Waals surface area contributed by atoms with Crippen molar-refractivity contribution in [2.45, 2.75) is 18.9 Å². The summed E-state index contributed by atoms with van der Waals surface area (Å²) in [5.74, 6) is 0.559. The number of anilines is 2. The molecule has 2 aromatic carbocycles. The third-order valence-electron chi connectivity index (χ3n) is 5.31. The van der Waals surface area contributed by atoms with Crippen LogP contribution in [-0.4, -0.2) is 64.5 Å². The van der Waals surface area contributed by atoms with Gasteiger partial charge in [0, 0.05) is 24.1 Å². The van der Waals surface area contributed by atoms with Gasteiger partial charge in [-0.3, -0.25) is 0 Å². The first kappa shape index (κ1) is 22.5. The number of aliphatic hydroxyl groups excluding tert-OH is 1. The van der Waals surface area contributed by atoms with Gasteiger partial charge in [0.15, 0.2) is 11.5 Å². The van der Waals surface area contributed by atoms with Gasteiger partial charge in [-0.15, -0.1) is 0 Å². The zero-order valence-electron chi connectivity index (χ0n) is 17.5. The number of rotatable bonds is 8. The second-order valence-electron chi connectivity index (χ2n) is 7.62. The van der Waals surface area contributed by atoms with Crippen molar-refractivity contribution in [3.8, 4) is 17.2 Å². The van der Waals surface area contributed by atoms with Crippen LogP contribution in [0.15, 0.2) is 35.1 Å². The molecule has 2 heterocycles. The van der Waals surface area contributed by atoms with E-state index >= 15 is 0 Å². The molecule has 1 fully saturated rings. The molecule has 32 heavy (non-hydrogen) atoms. The van der Waals surface area contributed by atoms with E-state index in [-0.39, 0.29) is 22.5 Å². The molecule has 3 N–H and O–H groups in total. The van der Waals surface area contributed by atoms with Crippen molar-refractivity contribution < 1.29 is 24.1 Å². The van der Waals surface area contributed by atoms with Crippen LogP contribution >= 0.6 is 15.9 Å². The Hall–Kier alpha value is -2.69. The first-order valence-corrected chi connectivity index (χ1v) is 11.0. The Morgan fingerprint density at radius 1 is 1.19 bits per heavy atom. The van der Waals surface area contributed by atoms with Gasteiger partial charge in [-0.05, 0) is 54.0 Å². The van der Waals surface area contributed by atoms with Crippen molar-refractivity contribution in [1.29, 1.82) is 0 Å². The summed E-state index contributed by atoms with van der Waals surface area (Å²) in [6.07, 6.45) is 3.04. The minimum absolute atomic E-state index is 0.0648. The number of aliphatic hydroxyl groups is 1. The quantitative estimate of drug-likeness (QED) is 0.423. The summed E-state index contributed by atoms with van der Waals surface area (Å²) in [6, 6.07) is 5.82. The van der Waals surface area contributed by atoms with Crippen LogP contribution < -0.4 is 14.8 Å². The number of methoxy groups -OCH3 is 1. The highest BCUT2D eigenvalue weighted by Gasteiger charge is 2.18. The molecule has 1 unspecified atom stereocenters. The molecule has 0 spiro atoms. The summed E-state index contributed by atoms with van der Waals surface area (Å²) < 4.78 is 25.9. The number of benzene rings is 2. The number of phenolic OH excluding ortho intramolecular Hbond substituents is 1. The minimum atomic E-state index is -0.621. The lowest BCUT2D eigenvalue weighted by molar-refractivity contribution is 0.0747. The van der Waals surface area contributed by atoms with Crippen LogP contribution in [0.2, 0.25) is 0 Å². The molecule has 3 aromatic rings. The van der Waals surface area contributed by atoms with Crippen LogP contribution in [-0.2, 0) is 0 Å². The van der Waals surface area contributed by atoms with Gasteiger partial charge in [-0.1, -0.05) is 0 Å². The second kappa shape index (κ2) is 9.85. The minimum Gasteiger partial charge on any atom is -0.507 e. The molecule has 1 aromatic heterocycles. The van der Waals surface area contributed by atoms with Gasteiger partial charge in [0.05, 0.1) is 22.8 Å². The number of hydrogen-bond acceptors (Lipinski definition) is 8. The highest BCUT2D eigenvalue weighted by Crippen LogP contribution is 2.36. The molecule has 0 bridgehead atoms. The Morgan fingerprint density at radius 2 is 1.97 bits per heavy atom. The smallest absolute Gasteiger partial charge is 0.163 e. The number of aromatic nitrogens is 2. The predicted molar refractivity (Wildman–Crippen MR) is 122 cm³/mol. The van der Waals surface area contributed by atoms with Crippen LogP contribution in [0.5, 0.6) is 17.2 Å². The number of fused-ring (bicyclic) bond motifs is 1. The topological polar surface area (TPSA) is 100.0 Å². The van der Waals surface area contributed by atoms with Gasteiger partial charge >= 0.3 is 0 Å². The third kappa shape index (κ3) is 5.03. The highest BCUT2D eigenvalue weighted by atomic mass is 79.9. The Balaban J connectivity index is 1.56. The summed E-state index contributed by atoms with van der Waals surface area (Å²) >= 11 is 3.09. The normalized spacial score (nSPS) is 15.1. The van der Waals surface area contributed by atoms with Crippen molar-refractivity contribution in [1.82, 2.24) is 14.9 Å². The molecule has 0 radical (unpaired) electrons. The monoisotopic (exact) mass is 506 g/mol.